The molecule has 0 fully saturated rings. The zero-order valence-corrected chi connectivity index (χ0v) is 15.4. The highest BCUT2D eigenvalue weighted by Crippen LogP contribution is 2.18. The number of hydrogen-bond acceptors (Lipinski definition) is 4. The van der Waals surface area contributed by atoms with Crippen LogP contribution in [0.1, 0.15) is 5.56 Å². The number of ether oxygens (including phenoxy) is 1. The Kier molecular flexibility index (Phi) is 6.42. The second-order valence-electron chi connectivity index (χ2n) is 4.50. The van der Waals surface area contributed by atoms with Gasteiger partial charge in [0.1, 0.15) is 0 Å². The number of sulfonamides is 1. The molecule has 2 aromatic rings. The van der Waals surface area contributed by atoms with E-state index < -0.39 is 10.0 Å². The van der Waals surface area contributed by atoms with E-state index in [9.17, 15) is 8.42 Å². The molecule has 0 aliphatic carbocycles. The zero-order valence-electron chi connectivity index (χ0n) is 13.0. The number of rotatable bonds is 3. The minimum Gasteiger partial charge on any atom is -0.476 e. The van der Waals surface area contributed by atoms with E-state index in [1.54, 1.807) is 30.5 Å². The van der Waals surface area contributed by atoms with E-state index >= 15 is 0 Å². The van der Waals surface area contributed by atoms with E-state index in [0.717, 1.165) is 0 Å². The smallest absolute Gasteiger partial charge is 0.284 e. The summed E-state index contributed by atoms with van der Waals surface area (Å²) in [6, 6.07) is 14.6. The molecule has 126 valence electrons. The van der Waals surface area contributed by atoms with Gasteiger partial charge in [0.15, 0.2) is 5.84 Å². The average molecular weight is 383 g/mol. The SMILES string of the molecule is COC(=N/C(=N\S(=O)(=O)c1ccc(Cl)cc1)c1ccccc1)SC. The van der Waals surface area contributed by atoms with Crippen LogP contribution in [0.4, 0.5) is 0 Å². The molecule has 2 aromatic carbocycles. The van der Waals surface area contributed by atoms with Crippen molar-refractivity contribution >= 4 is 44.5 Å². The lowest BCUT2D eigenvalue weighted by Gasteiger charge is -2.05. The first-order chi connectivity index (χ1) is 11.5. The van der Waals surface area contributed by atoms with Crippen LogP contribution in [-0.4, -0.2) is 32.8 Å². The molecule has 5 nitrogen and oxygen atoms in total. The van der Waals surface area contributed by atoms with Crippen molar-refractivity contribution in [2.24, 2.45) is 9.39 Å². The molecule has 0 atom stereocenters. The molecule has 24 heavy (non-hydrogen) atoms. The largest absolute Gasteiger partial charge is 0.476 e. The second-order valence-corrected chi connectivity index (χ2v) is 7.29. The fraction of sp³-hybridized carbons (Fsp3) is 0.125. The number of nitrogens with zero attached hydrogens (tertiary/aromatic N) is 2. The summed E-state index contributed by atoms with van der Waals surface area (Å²) in [6.07, 6.45) is 1.78. The van der Waals surface area contributed by atoms with Gasteiger partial charge in [0.25, 0.3) is 15.3 Å². The molecule has 0 aromatic heterocycles. The first-order valence-corrected chi connectivity index (χ1v) is 9.83. The zero-order chi connectivity index (χ0) is 17.6. The van der Waals surface area contributed by atoms with Gasteiger partial charge in [-0.15, -0.1) is 4.40 Å². The molecule has 0 aliphatic heterocycles. The van der Waals surface area contributed by atoms with Gasteiger partial charge in [0, 0.05) is 10.6 Å². The maximum atomic E-state index is 12.5. The third-order valence-corrected chi connectivity index (χ3v) is 5.04. The molecule has 0 amide bonds. The molecule has 0 unspecified atom stereocenters. The van der Waals surface area contributed by atoms with Crippen LogP contribution in [0.25, 0.3) is 0 Å². The van der Waals surface area contributed by atoms with Crippen LogP contribution < -0.4 is 0 Å². The van der Waals surface area contributed by atoms with E-state index in [1.807, 2.05) is 6.07 Å². The van der Waals surface area contributed by atoms with Gasteiger partial charge in [-0.3, -0.25) is 0 Å². The third kappa shape index (κ3) is 4.83. The topological polar surface area (TPSA) is 68.1 Å². The summed E-state index contributed by atoms with van der Waals surface area (Å²) in [5.74, 6) is 0.0525. The molecule has 0 heterocycles. The monoisotopic (exact) mass is 382 g/mol. The summed E-state index contributed by atoms with van der Waals surface area (Å²) < 4.78 is 34.1. The van der Waals surface area contributed by atoms with Gasteiger partial charge in [0.05, 0.1) is 12.0 Å². The summed E-state index contributed by atoms with van der Waals surface area (Å²) in [5, 5.41) is 0.757. The van der Waals surface area contributed by atoms with Crippen LogP contribution in [0.15, 0.2) is 68.9 Å². The van der Waals surface area contributed by atoms with Crippen LogP contribution in [0.3, 0.4) is 0 Å². The first-order valence-electron chi connectivity index (χ1n) is 6.79. The fourth-order valence-corrected chi connectivity index (χ4v) is 3.19. The number of benzene rings is 2. The van der Waals surface area contributed by atoms with E-state index in [2.05, 4.69) is 9.39 Å². The number of thioether (sulfide) groups is 1. The number of amidine groups is 1. The standard InChI is InChI=1S/C16H15ClN2O3S2/c1-22-16(23-2)18-15(12-6-4-3-5-7-12)19-24(20,21)14-10-8-13(17)9-11-14/h3-11H,1-2H3/b18-16?,19-15-. The Morgan fingerprint density at radius 2 is 1.71 bits per heavy atom. The number of aliphatic imine (C=N–C) groups is 1. The van der Waals surface area contributed by atoms with Crippen molar-refractivity contribution in [3.8, 4) is 0 Å². The lowest BCUT2D eigenvalue weighted by atomic mass is 10.2. The summed E-state index contributed by atoms with van der Waals surface area (Å²) in [6.45, 7) is 0. The van der Waals surface area contributed by atoms with E-state index in [4.69, 9.17) is 16.3 Å². The summed E-state index contributed by atoms with van der Waals surface area (Å²) in [4.78, 5) is 4.25. The third-order valence-electron chi connectivity index (χ3n) is 2.90. The van der Waals surface area contributed by atoms with Gasteiger partial charge < -0.3 is 4.74 Å². The number of hydrogen-bond donors (Lipinski definition) is 0. The Morgan fingerprint density at radius 1 is 1.08 bits per heavy atom. The number of halogens is 1. The quantitative estimate of drug-likeness (QED) is 0.597. The predicted molar refractivity (Wildman–Crippen MR) is 99.6 cm³/mol. The second kappa shape index (κ2) is 8.32. The highest BCUT2D eigenvalue weighted by Gasteiger charge is 2.16. The Balaban J connectivity index is 2.55. The Labute approximate surface area is 150 Å². The van der Waals surface area contributed by atoms with Crippen LogP contribution >= 0.6 is 23.4 Å². The maximum Gasteiger partial charge on any atom is 0.284 e. The fourth-order valence-electron chi connectivity index (χ4n) is 1.76. The van der Waals surface area contributed by atoms with E-state index in [1.165, 1.54) is 43.1 Å². The van der Waals surface area contributed by atoms with Crippen molar-refractivity contribution in [1.82, 2.24) is 0 Å². The molecule has 0 radical (unpaired) electrons. The maximum absolute atomic E-state index is 12.5. The summed E-state index contributed by atoms with van der Waals surface area (Å²) in [5.41, 5.74) is 0.568. The van der Waals surface area contributed by atoms with E-state index in [0.29, 0.717) is 15.8 Å². The van der Waals surface area contributed by atoms with Crippen molar-refractivity contribution < 1.29 is 13.2 Å². The Morgan fingerprint density at radius 3 is 2.25 bits per heavy atom. The van der Waals surface area contributed by atoms with Gasteiger partial charge in [-0.2, -0.15) is 13.4 Å². The minimum absolute atomic E-state index is 0.0404. The normalized spacial score (nSPS) is 13.0. The highest BCUT2D eigenvalue weighted by molar-refractivity contribution is 8.13. The van der Waals surface area contributed by atoms with Gasteiger partial charge in [-0.05, 0) is 30.5 Å². The molecule has 0 aliphatic rings. The van der Waals surface area contributed by atoms with Crippen molar-refractivity contribution in [3.05, 3.63) is 65.2 Å². The molecule has 0 bridgehead atoms. The number of methoxy groups -OCH3 is 1. The molecule has 0 N–H and O–H groups in total. The van der Waals surface area contributed by atoms with Gasteiger partial charge in [-0.25, -0.2) is 0 Å². The van der Waals surface area contributed by atoms with Crippen molar-refractivity contribution in [2.75, 3.05) is 13.4 Å². The lowest BCUT2D eigenvalue weighted by molar-refractivity contribution is 0.417. The summed E-state index contributed by atoms with van der Waals surface area (Å²) in [7, 11) is -2.47. The molecule has 0 saturated heterocycles. The summed E-state index contributed by atoms with van der Waals surface area (Å²) >= 11 is 7.05. The molecular weight excluding hydrogens is 368 g/mol. The Hall–Kier alpha value is -1.83. The first kappa shape index (κ1) is 18.5. The predicted octanol–water partition coefficient (Wildman–Crippen LogP) is 3.84. The lowest BCUT2D eigenvalue weighted by Crippen LogP contribution is -2.08. The molecule has 2 rings (SSSR count). The van der Waals surface area contributed by atoms with Crippen LogP contribution in [0.2, 0.25) is 5.02 Å². The van der Waals surface area contributed by atoms with Crippen LogP contribution in [0.5, 0.6) is 0 Å². The Bertz CT molecular complexity index is 843. The van der Waals surface area contributed by atoms with Gasteiger partial charge >= 0.3 is 0 Å². The highest BCUT2D eigenvalue weighted by atomic mass is 35.5. The molecule has 0 saturated carbocycles. The van der Waals surface area contributed by atoms with Gasteiger partial charge in [-0.1, -0.05) is 53.7 Å². The van der Waals surface area contributed by atoms with E-state index in [-0.39, 0.29) is 10.7 Å². The molecule has 8 heteroatoms. The minimum atomic E-state index is -3.93. The van der Waals surface area contributed by atoms with Crippen LogP contribution in [0, 0.1) is 0 Å². The van der Waals surface area contributed by atoms with Crippen molar-refractivity contribution in [2.45, 2.75) is 4.90 Å². The van der Waals surface area contributed by atoms with Crippen molar-refractivity contribution in [3.63, 3.8) is 0 Å². The average Bonchev–Trinajstić information content (AvgIpc) is 2.59. The van der Waals surface area contributed by atoms with Crippen molar-refractivity contribution in [1.29, 1.82) is 0 Å². The van der Waals surface area contributed by atoms with Crippen LogP contribution in [-0.2, 0) is 14.8 Å². The molecular formula is C16H15ClN2O3S2. The van der Waals surface area contributed by atoms with Gasteiger partial charge in [0.2, 0.25) is 0 Å². The molecule has 0 spiro atoms.